The lowest BCUT2D eigenvalue weighted by Gasteiger charge is -2.19. The molecule has 0 radical (unpaired) electrons. The third-order valence-electron chi connectivity index (χ3n) is 2.39. The average Bonchev–Trinajstić information content (AvgIpc) is 2.26. The second-order valence-corrected chi connectivity index (χ2v) is 3.52. The van der Waals surface area contributed by atoms with E-state index < -0.39 is 0 Å². The van der Waals surface area contributed by atoms with Crippen molar-refractivity contribution >= 4 is 0 Å². The highest BCUT2D eigenvalue weighted by atomic mass is 16.6. The topological polar surface area (TPSA) is 64.7 Å². The summed E-state index contributed by atoms with van der Waals surface area (Å²) in [5.74, 6) is 1.59. The van der Waals surface area contributed by atoms with Crippen molar-refractivity contribution in [3.63, 3.8) is 0 Å². The van der Waals surface area contributed by atoms with E-state index in [1.807, 2.05) is 6.07 Å². The number of ether oxygens (including phenoxy) is 2. The maximum absolute atomic E-state index is 9.72. The van der Waals surface area contributed by atoms with E-state index >= 15 is 0 Å². The largest absolute Gasteiger partial charge is 0.508 e. The van der Waals surface area contributed by atoms with Crippen molar-refractivity contribution in [2.24, 2.45) is 5.73 Å². The van der Waals surface area contributed by atoms with Crippen molar-refractivity contribution in [3.05, 3.63) is 17.7 Å². The van der Waals surface area contributed by atoms with Gasteiger partial charge >= 0.3 is 0 Å². The highest BCUT2D eigenvalue weighted by Gasteiger charge is 2.14. The van der Waals surface area contributed by atoms with Crippen LogP contribution in [0.2, 0.25) is 0 Å². The second kappa shape index (κ2) is 4.40. The quantitative estimate of drug-likeness (QED) is 0.781. The van der Waals surface area contributed by atoms with E-state index in [9.17, 15) is 5.11 Å². The van der Waals surface area contributed by atoms with E-state index in [2.05, 4.69) is 0 Å². The van der Waals surface area contributed by atoms with Gasteiger partial charge in [0.2, 0.25) is 0 Å². The van der Waals surface area contributed by atoms with Crippen LogP contribution >= 0.6 is 0 Å². The van der Waals surface area contributed by atoms with Crippen LogP contribution in [0.4, 0.5) is 0 Å². The first-order chi connectivity index (χ1) is 7.31. The molecule has 1 aromatic rings. The second-order valence-electron chi connectivity index (χ2n) is 3.52. The molecule has 0 saturated carbocycles. The highest BCUT2D eigenvalue weighted by Crippen LogP contribution is 2.36. The Morgan fingerprint density at radius 3 is 2.53 bits per heavy atom. The number of aromatic hydroxyl groups is 1. The molecule has 0 amide bonds. The van der Waals surface area contributed by atoms with Crippen molar-refractivity contribution in [2.75, 3.05) is 19.8 Å². The number of benzene rings is 1. The summed E-state index contributed by atoms with van der Waals surface area (Å²) in [6, 6.07) is 3.44. The van der Waals surface area contributed by atoms with Crippen LogP contribution in [0.3, 0.4) is 0 Å². The summed E-state index contributed by atoms with van der Waals surface area (Å²) in [5.41, 5.74) is 6.29. The van der Waals surface area contributed by atoms with Crippen molar-refractivity contribution < 1.29 is 14.6 Å². The summed E-state index contributed by atoms with van der Waals surface area (Å²) < 4.78 is 10.8. The van der Waals surface area contributed by atoms with Gasteiger partial charge < -0.3 is 20.3 Å². The molecule has 4 nitrogen and oxygen atoms in total. The molecule has 1 aromatic carbocycles. The van der Waals surface area contributed by atoms with Gasteiger partial charge in [0.15, 0.2) is 11.5 Å². The van der Waals surface area contributed by atoms with Crippen molar-refractivity contribution in [3.8, 4) is 17.2 Å². The standard InChI is InChI=1S/C11H15NO3/c12-3-1-2-8-6-10-11(7-9(8)13)15-5-4-14-10/h6-7,13H,1-5,12H2. The number of rotatable bonds is 3. The SMILES string of the molecule is NCCCc1cc2c(cc1O)OCCO2. The molecule has 0 unspecified atom stereocenters. The number of aryl methyl sites for hydroxylation is 1. The molecule has 4 heteroatoms. The molecule has 0 aromatic heterocycles. The van der Waals surface area contributed by atoms with Gasteiger partial charge in [-0.25, -0.2) is 0 Å². The monoisotopic (exact) mass is 209 g/mol. The zero-order valence-electron chi connectivity index (χ0n) is 8.53. The van der Waals surface area contributed by atoms with Gasteiger partial charge in [0.25, 0.3) is 0 Å². The fourth-order valence-corrected chi connectivity index (χ4v) is 1.61. The normalized spacial score (nSPS) is 13.9. The van der Waals surface area contributed by atoms with Crippen LogP contribution in [0, 0.1) is 0 Å². The first kappa shape index (κ1) is 10.1. The predicted octanol–water partition coefficient (Wildman–Crippen LogP) is 1.05. The molecular formula is C11H15NO3. The summed E-state index contributed by atoms with van der Waals surface area (Å²) >= 11 is 0. The predicted molar refractivity (Wildman–Crippen MR) is 56.5 cm³/mol. The fraction of sp³-hybridized carbons (Fsp3) is 0.455. The highest BCUT2D eigenvalue weighted by molar-refractivity contribution is 5.50. The number of hydrogen-bond donors (Lipinski definition) is 2. The molecule has 0 fully saturated rings. The summed E-state index contributed by atoms with van der Waals surface area (Å²) in [5, 5.41) is 9.72. The molecule has 0 aliphatic carbocycles. The number of fused-ring (bicyclic) bond motifs is 1. The van der Waals surface area contributed by atoms with Crippen LogP contribution in [0.15, 0.2) is 12.1 Å². The molecule has 3 N–H and O–H groups in total. The fourth-order valence-electron chi connectivity index (χ4n) is 1.61. The Labute approximate surface area is 88.6 Å². The van der Waals surface area contributed by atoms with Crippen LogP contribution in [-0.2, 0) is 6.42 Å². The van der Waals surface area contributed by atoms with Crippen molar-refractivity contribution in [1.29, 1.82) is 0 Å². The van der Waals surface area contributed by atoms with Crippen LogP contribution < -0.4 is 15.2 Å². The molecular weight excluding hydrogens is 194 g/mol. The molecule has 0 atom stereocenters. The number of nitrogens with two attached hydrogens (primary N) is 1. The number of phenolic OH excluding ortho intramolecular Hbond substituents is 1. The van der Waals surface area contributed by atoms with Crippen LogP contribution in [0.25, 0.3) is 0 Å². The Morgan fingerprint density at radius 1 is 1.20 bits per heavy atom. The average molecular weight is 209 g/mol. The van der Waals surface area contributed by atoms with E-state index in [1.165, 1.54) is 0 Å². The van der Waals surface area contributed by atoms with Crippen LogP contribution in [-0.4, -0.2) is 24.9 Å². The molecule has 1 aliphatic rings. The molecule has 0 bridgehead atoms. The maximum Gasteiger partial charge on any atom is 0.165 e. The molecule has 15 heavy (non-hydrogen) atoms. The summed E-state index contributed by atoms with van der Waals surface area (Å²) in [7, 11) is 0. The third-order valence-corrected chi connectivity index (χ3v) is 2.39. The van der Waals surface area contributed by atoms with E-state index in [-0.39, 0.29) is 5.75 Å². The summed E-state index contributed by atoms with van der Waals surface area (Å²) in [4.78, 5) is 0. The minimum atomic E-state index is 0.257. The van der Waals surface area contributed by atoms with Gasteiger partial charge in [0, 0.05) is 6.07 Å². The molecule has 1 aliphatic heterocycles. The Kier molecular flexibility index (Phi) is 2.97. The third kappa shape index (κ3) is 2.15. The summed E-state index contributed by atoms with van der Waals surface area (Å²) in [6.07, 6.45) is 1.62. The Morgan fingerprint density at radius 2 is 1.87 bits per heavy atom. The Hall–Kier alpha value is -1.42. The van der Waals surface area contributed by atoms with E-state index in [1.54, 1.807) is 6.07 Å². The smallest absolute Gasteiger partial charge is 0.165 e. The van der Waals surface area contributed by atoms with Gasteiger partial charge in [-0.3, -0.25) is 0 Å². The zero-order valence-corrected chi connectivity index (χ0v) is 8.53. The molecule has 0 spiro atoms. The Bertz CT molecular complexity index is 352. The van der Waals surface area contributed by atoms with Gasteiger partial charge in [-0.2, -0.15) is 0 Å². The maximum atomic E-state index is 9.72. The summed E-state index contributed by atoms with van der Waals surface area (Å²) in [6.45, 7) is 1.72. The van der Waals surface area contributed by atoms with Gasteiger partial charge in [0.1, 0.15) is 19.0 Å². The molecule has 0 saturated heterocycles. The minimum Gasteiger partial charge on any atom is -0.508 e. The lowest BCUT2D eigenvalue weighted by molar-refractivity contribution is 0.170. The first-order valence-electron chi connectivity index (χ1n) is 5.13. The minimum absolute atomic E-state index is 0.257. The number of hydrogen-bond acceptors (Lipinski definition) is 4. The van der Waals surface area contributed by atoms with Crippen molar-refractivity contribution in [1.82, 2.24) is 0 Å². The van der Waals surface area contributed by atoms with E-state index in [4.69, 9.17) is 15.2 Å². The first-order valence-corrected chi connectivity index (χ1v) is 5.13. The van der Waals surface area contributed by atoms with Gasteiger partial charge in [0.05, 0.1) is 0 Å². The van der Waals surface area contributed by atoms with Gasteiger partial charge in [-0.05, 0) is 31.0 Å². The van der Waals surface area contributed by atoms with Gasteiger partial charge in [-0.15, -0.1) is 0 Å². The van der Waals surface area contributed by atoms with E-state index in [0.29, 0.717) is 31.3 Å². The molecule has 2 rings (SSSR count). The van der Waals surface area contributed by atoms with Crippen LogP contribution in [0.5, 0.6) is 17.2 Å². The van der Waals surface area contributed by atoms with Gasteiger partial charge in [-0.1, -0.05) is 0 Å². The molecule has 1 heterocycles. The van der Waals surface area contributed by atoms with Crippen LogP contribution in [0.1, 0.15) is 12.0 Å². The van der Waals surface area contributed by atoms with E-state index in [0.717, 1.165) is 18.4 Å². The lowest BCUT2D eigenvalue weighted by atomic mass is 10.1. The lowest BCUT2D eigenvalue weighted by Crippen LogP contribution is -2.15. The Balaban J connectivity index is 2.24. The van der Waals surface area contributed by atoms with Crippen molar-refractivity contribution in [2.45, 2.75) is 12.8 Å². The molecule has 82 valence electrons. The zero-order chi connectivity index (χ0) is 10.7. The number of phenols is 1.